The maximum atomic E-state index is 6.29. The van der Waals surface area contributed by atoms with E-state index < -0.39 is 5.79 Å². The molecule has 2 aromatic carbocycles. The minimum Gasteiger partial charge on any atom is -0.489 e. The molecule has 8 heteroatoms. The third kappa shape index (κ3) is 4.09. The molecule has 27 heavy (non-hydrogen) atoms. The number of benzene rings is 2. The van der Waals surface area contributed by atoms with Crippen LogP contribution >= 0.6 is 23.2 Å². The number of hydrogen-bond donors (Lipinski definition) is 0. The van der Waals surface area contributed by atoms with E-state index in [9.17, 15) is 0 Å². The zero-order valence-electron chi connectivity index (χ0n) is 14.3. The molecular formula is C19H17Cl2N3O3. The van der Waals surface area contributed by atoms with Crippen molar-refractivity contribution in [3.05, 3.63) is 76.8 Å². The Morgan fingerprint density at radius 1 is 1.15 bits per heavy atom. The lowest BCUT2D eigenvalue weighted by molar-refractivity contribution is -0.190. The molecule has 0 N–H and O–H groups in total. The van der Waals surface area contributed by atoms with Gasteiger partial charge in [0, 0.05) is 10.6 Å². The van der Waals surface area contributed by atoms with E-state index in [4.69, 9.17) is 37.4 Å². The van der Waals surface area contributed by atoms with Crippen LogP contribution in [0.25, 0.3) is 0 Å². The second-order valence-corrected chi connectivity index (χ2v) is 6.99. The minimum absolute atomic E-state index is 0.263. The van der Waals surface area contributed by atoms with Crippen molar-refractivity contribution in [3.63, 3.8) is 0 Å². The van der Waals surface area contributed by atoms with E-state index in [2.05, 4.69) is 10.1 Å². The van der Waals surface area contributed by atoms with Crippen LogP contribution in [0.1, 0.15) is 5.56 Å². The summed E-state index contributed by atoms with van der Waals surface area (Å²) < 4.78 is 19.9. The fraction of sp³-hybridized carbons (Fsp3) is 0.263. The van der Waals surface area contributed by atoms with Gasteiger partial charge < -0.3 is 14.2 Å². The molecule has 0 aliphatic carbocycles. The highest BCUT2D eigenvalue weighted by Crippen LogP contribution is 2.37. The lowest BCUT2D eigenvalue weighted by Crippen LogP contribution is -2.34. The highest BCUT2D eigenvalue weighted by atomic mass is 35.5. The van der Waals surface area contributed by atoms with Crippen LogP contribution in [0.2, 0.25) is 10.0 Å². The van der Waals surface area contributed by atoms with Crippen LogP contribution in [0.3, 0.4) is 0 Å². The van der Waals surface area contributed by atoms with Crippen LogP contribution < -0.4 is 4.74 Å². The van der Waals surface area contributed by atoms with Crippen molar-refractivity contribution in [3.8, 4) is 5.75 Å². The number of halogens is 2. The summed E-state index contributed by atoms with van der Waals surface area (Å²) in [6.07, 6.45) is 2.83. The molecule has 1 aromatic heterocycles. The quantitative estimate of drug-likeness (QED) is 0.621. The molecular weight excluding hydrogens is 389 g/mol. The first-order chi connectivity index (χ1) is 13.1. The lowest BCUT2D eigenvalue weighted by atomic mass is 10.1. The van der Waals surface area contributed by atoms with Gasteiger partial charge >= 0.3 is 0 Å². The van der Waals surface area contributed by atoms with Crippen molar-refractivity contribution in [2.24, 2.45) is 0 Å². The molecule has 0 saturated carbocycles. The van der Waals surface area contributed by atoms with Crippen molar-refractivity contribution in [2.45, 2.75) is 18.4 Å². The van der Waals surface area contributed by atoms with Crippen LogP contribution in [0.15, 0.2) is 61.2 Å². The molecule has 0 radical (unpaired) electrons. The zero-order valence-corrected chi connectivity index (χ0v) is 15.8. The van der Waals surface area contributed by atoms with Crippen LogP contribution in [-0.4, -0.2) is 34.1 Å². The second kappa shape index (κ2) is 7.86. The van der Waals surface area contributed by atoms with Crippen molar-refractivity contribution >= 4 is 23.2 Å². The Labute approximate surface area is 166 Å². The van der Waals surface area contributed by atoms with Gasteiger partial charge in [-0.25, -0.2) is 9.67 Å². The van der Waals surface area contributed by atoms with Crippen LogP contribution in [0.5, 0.6) is 5.75 Å². The SMILES string of the molecule is Clc1ccc(C2(Cn3cncn3)OCC(COc3ccccc3Cl)O2)cc1. The maximum Gasteiger partial charge on any atom is 0.215 e. The predicted octanol–water partition coefficient (Wildman–Crippen LogP) is 3.93. The largest absolute Gasteiger partial charge is 0.489 e. The lowest BCUT2D eigenvalue weighted by Gasteiger charge is -2.28. The molecule has 2 heterocycles. The molecule has 1 aliphatic heterocycles. The first-order valence-electron chi connectivity index (χ1n) is 8.42. The standard InChI is InChI=1S/C19H17Cl2N3O3/c20-15-7-5-14(6-8-15)19(11-24-13-22-12-23-24)26-10-16(27-19)9-25-18-4-2-1-3-17(18)21/h1-8,12-13,16H,9-11H2. The molecule has 1 fully saturated rings. The van der Waals surface area contributed by atoms with E-state index in [-0.39, 0.29) is 6.10 Å². The van der Waals surface area contributed by atoms with Gasteiger partial charge in [-0.2, -0.15) is 5.10 Å². The first kappa shape index (κ1) is 18.3. The van der Waals surface area contributed by atoms with Crippen molar-refractivity contribution < 1.29 is 14.2 Å². The van der Waals surface area contributed by atoms with E-state index in [1.165, 1.54) is 6.33 Å². The summed E-state index contributed by atoms with van der Waals surface area (Å²) in [4.78, 5) is 3.99. The van der Waals surface area contributed by atoms with Crippen molar-refractivity contribution in [2.75, 3.05) is 13.2 Å². The van der Waals surface area contributed by atoms with Gasteiger partial charge in [0.05, 0.1) is 11.6 Å². The van der Waals surface area contributed by atoms with Gasteiger partial charge in [-0.15, -0.1) is 0 Å². The van der Waals surface area contributed by atoms with Gasteiger partial charge in [0.1, 0.15) is 37.7 Å². The third-order valence-corrected chi connectivity index (χ3v) is 4.81. The molecule has 0 spiro atoms. The molecule has 3 aromatic rings. The van der Waals surface area contributed by atoms with Gasteiger partial charge in [-0.05, 0) is 24.3 Å². The summed E-state index contributed by atoms with van der Waals surface area (Å²) in [5, 5.41) is 5.37. The summed E-state index contributed by atoms with van der Waals surface area (Å²) in [7, 11) is 0. The average molecular weight is 406 g/mol. The molecule has 2 unspecified atom stereocenters. The minimum atomic E-state index is -0.993. The Kier molecular flexibility index (Phi) is 5.31. The maximum absolute atomic E-state index is 6.29. The summed E-state index contributed by atoms with van der Waals surface area (Å²) >= 11 is 12.2. The highest BCUT2D eigenvalue weighted by Gasteiger charge is 2.44. The topological polar surface area (TPSA) is 58.4 Å². The van der Waals surface area contributed by atoms with E-state index in [1.54, 1.807) is 29.2 Å². The van der Waals surface area contributed by atoms with Crippen molar-refractivity contribution in [1.29, 1.82) is 0 Å². The van der Waals surface area contributed by atoms with E-state index in [0.717, 1.165) is 5.56 Å². The van der Waals surface area contributed by atoms with Gasteiger partial charge in [-0.3, -0.25) is 0 Å². The second-order valence-electron chi connectivity index (χ2n) is 6.15. The van der Waals surface area contributed by atoms with Gasteiger partial charge in [0.25, 0.3) is 0 Å². The van der Waals surface area contributed by atoms with E-state index in [1.807, 2.05) is 30.3 Å². The summed E-state index contributed by atoms with van der Waals surface area (Å²) in [6.45, 7) is 1.05. The average Bonchev–Trinajstić information content (AvgIpc) is 3.33. The Hall–Kier alpha value is -2.12. The summed E-state index contributed by atoms with van der Waals surface area (Å²) in [6, 6.07) is 14.7. The highest BCUT2D eigenvalue weighted by molar-refractivity contribution is 6.32. The Bertz CT molecular complexity index is 889. The number of para-hydroxylation sites is 1. The first-order valence-corrected chi connectivity index (χ1v) is 9.18. The number of rotatable bonds is 6. The number of nitrogens with zero attached hydrogens (tertiary/aromatic N) is 3. The van der Waals surface area contributed by atoms with Gasteiger partial charge in [0.15, 0.2) is 0 Å². The number of ether oxygens (including phenoxy) is 3. The van der Waals surface area contributed by atoms with Gasteiger partial charge in [0.2, 0.25) is 5.79 Å². The molecule has 1 saturated heterocycles. The zero-order chi connectivity index (χ0) is 18.7. The molecule has 4 rings (SSSR count). The Morgan fingerprint density at radius 3 is 2.70 bits per heavy atom. The molecule has 0 amide bonds. The van der Waals surface area contributed by atoms with Crippen LogP contribution in [-0.2, 0) is 21.8 Å². The fourth-order valence-electron chi connectivity index (χ4n) is 2.95. The fourth-order valence-corrected chi connectivity index (χ4v) is 3.26. The predicted molar refractivity (Wildman–Crippen MR) is 101 cm³/mol. The summed E-state index contributed by atoms with van der Waals surface area (Å²) in [5.74, 6) is -0.379. The molecule has 0 bridgehead atoms. The number of aromatic nitrogens is 3. The van der Waals surface area contributed by atoms with Crippen molar-refractivity contribution in [1.82, 2.24) is 14.8 Å². The monoisotopic (exact) mass is 405 g/mol. The molecule has 6 nitrogen and oxygen atoms in total. The Morgan fingerprint density at radius 2 is 1.96 bits per heavy atom. The van der Waals surface area contributed by atoms with E-state index >= 15 is 0 Å². The molecule has 1 aliphatic rings. The van der Waals surface area contributed by atoms with E-state index in [0.29, 0.717) is 35.6 Å². The number of hydrogen-bond acceptors (Lipinski definition) is 5. The summed E-state index contributed by atoms with van der Waals surface area (Å²) in [5.41, 5.74) is 0.850. The molecule has 2 atom stereocenters. The normalized spacial score (nSPS) is 22.1. The van der Waals surface area contributed by atoms with Gasteiger partial charge in [-0.1, -0.05) is 47.5 Å². The van der Waals surface area contributed by atoms with Crippen LogP contribution in [0, 0.1) is 0 Å². The Balaban J connectivity index is 1.52. The third-order valence-electron chi connectivity index (χ3n) is 4.24. The van der Waals surface area contributed by atoms with Crippen LogP contribution in [0.4, 0.5) is 0 Å². The smallest absolute Gasteiger partial charge is 0.215 e. The molecule has 140 valence electrons.